The van der Waals surface area contributed by atoms with Crippen molar-refractivity contribution in [2.24, 2.45) is 5.92 Å². The van der Waals surface area contributed by atoms with E-state index in [2.05, 4.69) is 21.5 Å². The van der Waals surface area contributed by atoms with Crippen LogP contribution in [0, 0.1) is 5.92 Å². The topological polar surface area (TPSA) is 39.9 Å². The van der Waals surface area contributed by atoms with Gasteiger partial charge in [0.2, 0.25) is 5.88 Å². The summed E-state index contributed by atoms with van der Waals surface area (Å²) in [5, 5.41) is 0. The zero-order valence-corrected chi connectivity index (χ0v) is 13.4. The van der Waals surface area contributed by atoms with Crippen LogP contribution in [-0.4, -0.2) is 21.6 Å². The van der Waals surface area contributed by atoms with Crippen LogP contribution < -0.4 is 4.74 Å². The van der Waals surface area contributed by atoms with Gasteiger partial charge in [0, 0.05) is 12.1 Å². The van der Waals surface area contributed by atoms with E-state index in [0.717, 1.165) is 17.0 Å². The van der Waals surface area contributed by atoms with Gasteiger partial charge in [-0.25, -0.2) is 4.98 Å². The van der Waals surface area contributed by atoms with Gasteiger partial charge < -0.3 is 9.30 Å². The first kappa shape index (κ1) is 14.6. The number of nitrogens with zero attached hydrogens (tertiary/aromatic N) is 3. The summed E-state index contributed by atoms with van der Waals surface area (Å²) in [5.41, 5.74) is 1.81. The highest BCUT2D eigenvalue weighted by atomic mass is 35.5. The Morgan fingerprint density at radius 3 is 2.81 bits per heavy atom. The molecule has 0 spiro atoms. The molecule has 0 saturated heterocycles. The highest BCUT2D eigenvalue weighted by molar-refractivity contribution is 6.16. The lowest BCUT2D eigenvalue weighted by Gasteiger charge is -2.25. The first-order valence-corrected chi connectivity index (χ1v) is 8.26. The molecule has 1 aliphatic rings. The third-order valence-electron chi connectivity index (χ3n) is 4.56. The molecule has 2 heterocycles. The molecule has 3 rings (SSSR count). The second-order valence-electron chi connectivity index (χ2n) is 5.91. The van der Waals surface area contributed by atoms with E-state index in [1.165, 1.54) is 32.1 Å². The summed E-state index contributed by atoms with van der Waals surface area (Å²) in [6.45, 7) is 2.33. The smallest absolute Gasteiger partial charge is 0.215 e. The van der Waals surface area contributed by atoms with E-state index in [0.29, 0.717) is 23.7 Å². The fourth-order valence-corrected chi connectivity index (χ4v) is 3.61. The number of hydrogen-bond donors (Lipinski definition) is 0. The number of pyridine rings is 1. The maximum absolute atomic E-state index is 6.14. The molecule has 0 bridgehead atoms. The zero-order chi connectivity index (χ0) is 14.8. The molecule has 4 nitrogen and oxygen atoms in total. The fourth-order valence-electron chi connectivity index (χ4n) is 3.42. The highest BCUT2D eigenvalue weighted by Gasteiger charge is 2.26. The predicted molar refractivity (Wildman–Crippen MR) is 84.9 cm³/mol. The molecule has 5 heteroatoms. The number of hydrogen-bond acceptors (Lipinski definition) is 3. The molecule has 114 valence electrons. The summed E-state index contributed by atoms with van der Waals surface area (Å²) >= 11 is 6.14. The largest absolute Gasteiger partial charge is 0.481 e. The van der Waals surface area contributed by atoms with Crippen LogP contribution in [0.2, 0.25) is 0 Å². The molecule has 2 unspecified atom stereocenters. The van der Waals surface area contributed by atoms with E-state index >= 15 is 0 Å². The van der Waals surface area contributed by atoms with Gasteiger partial charge in [-0.05, 0) is 24.8 Å². The molecule has 0 amide bonds. The summed E-state index contributed by atoms with van der Waals surface area (Å²) in [4.78, 5) is 9.28. The minimum atomic E-state index is 0.419. The molecule has 2 aromatic heterocycles. The number of halogens is 1. The Kier molecular flexibility index (Phi) is 4.34. The van der Waals surface area contributed by atoms with Crippen molar-refractivity contribution in [3.8, 4) is 5.88 Å². The summed E-state index contributed by atoms with van der Waals surface area (Å²) in [7, 11) is 1.64. The molecular weight excluding hydrogens is 286 g/mol. The van der Waals surface area contributed by atoms with Gasteiger partial charge in [0.05, 0.1) is 13.0 Å². The Bertz CT molecular complexity index is 625. The lowest BCUT2D eigenvalue weighted by Crippen LogP contribution is -2.18. The second-order valence-corrected chi connectivity index (χ2v) is 6.18. The molecule has 2 atom stereocenters. The van der Waals surface area contributed by atoms with Gasteiger partial charge in [-0.2, -0.15) is 4.98 Å². The molecule has 0 radical (unpaired) electrons. The lowest BCUT2D eigenvalue weighted by molar-refractivity contribution is 0.332. The van der Waals surface area contributed by atoms with Crippen molar-refractivity contribution >= 4 is 22.8 Å². The van der Waals surface area contributed by atoms with Gasteiger partial charge in [0.15, 0.2) is 5.65 Å². The molecule has 1 saturated carbocycles. The van der Waals surface area contributed by atoms with Crippen molar-refractivity contribution < 1.29 is 4.74 Å². The van der Waals surface area contributed by atoms with Crippen LogP contribution >= 0.6 is 11.6 Å². The third-order valence-corrected chi connectivity index (χ3v) is 4.80. The van der Waals surface area contributed by atoms with Crippen LogP contribution in [0.4, 0.5) is 0 Å². The number of alkyl halides is 1. The van der Waals surface area contributed by atoms with Crippen molar-refractivity contribution in [2.75, 3.05) is 7.11 Å². The Morgan fingerprint density at radius 1 is 1.24 bits per heavy atom. The maximum atomic E-state index is 6.14. The average molecular weight is 308 g/mol. The van der Waals surface area contributed by atoms with E-state index < -0.39 is 0 Å². The number of aromatic nitrogens is 3. The monoisotopic (exact) mass is 307 g/mol. The molecular formula is C16H22ClN3O. The number of ether oxygens (including phenoxy) is 1. The number of fused-ring (bicyclic) bond motifs is 1. The van der Waals surface area contributed by atoms with Gasteiger partial charge in [-0.1, -0.05) is 26.2 Å². The average Bonchev–Trinajstić information content (AvgIpc) is 2.74. The van der Waals surface area contributed by atoms with Crippen LogP contribution in [0.3, 0.4) is 0 Å². The van der Waals surface area contributed by atoms with Gasteiger partial charge in [-0.15, -0.1) is 11.6 Å². The van der Waals surface area contributed by atoms with E-state index in [1.54, 1.807) is 7.11 Å². The van der Waals surface area contributed by atoms with Crippen molar-refractivity contribution in [3.05, 3.63) is 18.0 Å². The van der Waals surface area contributed by atoms with E-state index in [4.69, 9.17) is 16.3 Å². The Hall–Kier alpha value is -1.29. The van der Waals surface area contributed by atoms with E-state index in [-0.39, 0.29) is 0 Å². The summed E-state index contributed by atoms with van der Waals surface area (Å²) in [6.07, 6.45) is 6.34. The molecule has 0 aliphatic heterocycles. The normalized spacial score (nSPS) is 23.2. The predicted octanol–water partition coefficient (Wildman–Crippen LogP) is 4.32. The van der Waals surface area contributed by atoms with Gasteiger partial charge in [0.1, 0.15) is 11.3 Å². The lowest BCUT2D eigenvalue weighted by atomic mass is 9.96. The number of rotatable bonds is 3. The summed E-state index contributed by atoms with van der Waals surface area (Å²) < 4.78 is 7.54. The standard InChI is InChI=1S/C16H22ClN3O/c1-11-6-4-3-5-7-13(11)20-14(10-17)18-12-8-9-15(21-2)19-16(12)20/h8-9,11,13H,3-7,10H2,1-2H3. The molecule has 0 aromatic carbocycles. The molecule has 0 N–H and O–H groups in total. The van der Waals surface area contributed by atoms with Gasteiger partial charge in [0.25, 0.3) is 0 Å². The van der Waals surface area contributed by atoms with Gasteiger partial charge >= 0.3 is 0 Å². The zero-order valence-electron chi connectivity index (χ0n) is 12.7. The first-order valence-electron chi connectivity index (χ1n) is 7.72. The third kappa shape index (κ3) is 2.73. The van der Waals surface area contributed by atoms with Crippen LogP contribution in [0.25, 0.3) is 11.2 Å². The minimum Gasteiger partial charge on any atom is -0.481 e. The molecule has 1 aliphatic carbocycles. The number of methoxy groups -OCH3 is 1. The van der Waals surface area contributed by atoms with Crippen LogP contribution in [0.15, 0.2) is 12.1 Å². The van der Waals surface area contributed by atoms with Crippen molar-refractivity contribution in [2.45, 2.75) is 50.9 Å². The van der Waals surface area contributed by atoms with Crippen molar-refractivity contribution in [3.63, 3.8) is 0 Å². The Labute approximate surface area is 130 Å². The van der Waals surface area contributed by atoms with Crippen LogP contribution in [0.1, 0.15) is 50.9 Å². The summed E-state index contributed by atoms with van der Waals surface area (Å²) in [6, 6.07) is 4.26. The first-order chi connectivity index (χ1) is 10.2. The van der Waals surface area contributed by atoms with E-state index in [1.807, 2.05) is 12.1 Å². The molecule has 2 aromatic rings. The molecule has 1 fully saturated rings. The van der Waals surface area contributed by atoms with Gasteiger partial charge in [-0.3, -0.25) is 0 Å². The highest BCUT2D eigenvalue weighted by Crippen LogP contribution is 2.36. The molecule has 21 heavy (non-hydrogen) atoms. The van der Waals surface area contributed by atoms with E-state index in [9.17, 15) is 0 Å². The SMILES string of the molecule is COc1ccc2nc(CCl)n(C3CCCCCC3C)c2n1. The number of imidazole rings is 1. The quantitative estimate of drug-likeness (QED) is 0.626. The van der Waals surface area contributed by atoms with Crippen LogP contribution in [0.5, 0.6) is 5.88 Å². The maximum Gasteiger partial charge on any atom is 0.215 e. The Morgan fingerprint density at radius 2 is 2.05 bits per heavy atom. The van der Waals surface area contributed by atoms with Crippen molar-refractivity contribution in [1.82, 2.24) is 14.5 Å². The van der Waals surface area contributed by atoms with Crippen molar-refractivity contribution in [1.29, 1.82) is 0 Å². The minimum absolute atomic E-state index is 0.419. The fraction of sp³-hybridized carbons (Fsp3) is 0.625. The Balaban J connectivity index is 2.13. The van der Waals surface area contributed by atoms with Crippen LogP contribution in [-0.2, 0) is 5.88 Å². The summed E-state index contributed by atoms with van der Waals surface area (Å²) in [5.74, 6) is 2.60. The second kappa shape index (κ2) is 6.22.